The molecule has 1 heterocycles. The number of rotatable bonds is 5. The van der Waals surface area contributed by atoms with E-state index in [9.17, 15) is 4.79 Å². The first-order valence-corrected chi connectivity index (χ1v) is 8.88. The first-order valence-electron chi connectivity index (χ1n) is 8.50. The van der Waals surface area contributed by atoms with Crippen molar-refractivity contribution in [1.82, 2.24) is 15.5 Å². The van der Waals surface area contributed by atoms with Gasteiger partial charge in [0.25, 0.3) is 0 Å². The van der Waals surface area contributed by atoms with Gasteiger partial charge in [-0.15, -0.1) is 0 Å². The monoisotopic (exact) mass is 347 g/mol. The second kappa shape index (κ2) is 7.79. The Morgan fingerprint density at radius 2 is 2.00 bits per heavy atom. The molecule has 0 saturated heterocycles. The van der Waals surface area contributed by atoms with Crippen LogP contribution in [0.1, 0.15) is 57.4 Å². The van der Waals surface area contributed by atoms with Crippen molar-refractivity contribution in [3.63, 3.8) is 0 Å². The van der Waals surface area contributed by atoms with E-state index in [1.54, 1.807) is 12.1 Å². The van der Waals surface area contributed by atoms with Crippen LogP contribution in [0, 0.1) is 5.92 Å². The van der Waals surface area contributed by atoms with Gasteiger partial charge in [-0.05, 0) is 49.9 Å². The fourth-order valence-corrected chi connectivity index (χ4v) is 3.27. The molecule has 1 aromatic heterocycles. The molecule has 1 atom stereocenters. The first-order chi connectivity index (χ1) is 11.6. The van der Waals surface area contributed by atoms with E-state index in [-0.39, 0.29) is 11.9 Å². The fourth-order valence-electron chi connectivity index (χ4n) is 3.14. The van der Waals surface area contributed by atoms with Gasteiger partial charge in [0.1, 0.15) is 6.04 Å². The number of amides is 1. The number of halogens is 1. The number of hydrogen-bond acceptors (Lipinski definition) is 4. The predicted octanol–water partition coefficient (Wildman–Crippen LogP) is 4.54. The van der Waals surface area contributed by atoms with Crippen molar-refractivity contribution >= 4 is 17.5 Å². The average molecular weight is 348 g/mol. The van der Waals surface area contributed by atoms with E-state index in [0.29, 0.717) is 29.1 Å². The quantitative estimate of drug-likeness (QED) is 0.862. The first kappa shape index (κ1) is 17.0. The maximum Gasteiger partial charge on any atom is 0.249 e. The molecular weight excluding hydrogens is 326 g/mol. The number of hydrogen-bond donors (Lipinski definition) is 1. The molecule has 24 heavy (non-hydrogen) atoms. The molecule has 1 fully saturated rings. The molecule has 1 saturated carbocycles. The molecule has 1 N–H and O–H groups in total. The lowest BCUT2D eigenvalue weighted by atomic mass is 9.87. The van der Waals surface area contributed by atoms with E-state index < -0.39 is 0 Å². The zero-order valence-corrected chi connectivity index (χ0v) is 14.6. The van der Waals surface area contributed by atoms with Gasteiger partial charge in [0, 0.05) is 17.0 Å². The van der Waals surface area contributed by atoms with E-state index in [2.05, 4.69) is 15.5 Å². The molecular formula is C18H22ClN3O2. The molecule has 1 aliphatic carbocycles. The largest absolute Gasteiger partial charge is 0.345 e. The lowest BCUT2D eigenvalue weighted by Crippen LogP contribution is -2.29. The number of nitrogens with zero attached hydrogens (tertiary/aromatic N) is 2. The minimum atomic E-state index is -0.297. The second-order valence-electron chi connectivity index (χ2n) is 6.46. The molecule has 0 radical (unpaired) electrons. The number of carbonyl (C=O) groups is 1. The van der Waals surface area contributed by atoms with E-state index in [1.165, 1.54) is 19.3 Å². The molecule has 0 aliphatic heterocycles. The third kappa shape index (κ3) is 4.35. The van der Waals surface area contributed by atoms with Crippen LogP contribution in [0.5, 0.6) is 0 Å². The van der Waals surface area contributed by atoms with Crippen molar-refractivity contribution in [2.75, 3.05) is 0 Å². The summed E-state index contributed by atoms with van der Waals surface area (Å²) in [6.07, 6.45) is 6.67. The van der Waals surface area contributed by atoms with Gasteiger partial charge in [0.05, 0.1) is 0 Å². The van der Waals surface area contributed by atoms with Crippen molar-refractivity contribution in [2.24, 2.45) is 5.92 Å². The summed E-state index contributed by atoms with van der Waals surface area (Å²) in [5, 5.41) is 7.60. The number of benzene rings is 1. The van der Waals surface area contributed by atoms with Crippen molar-refractivity contribution in [1.29, 1.82) is 0 Å². The third-order valence-corrected chi connectivity index (χ3v) is 4.74. The summed E-state index contributed by atoms with van der Waals surface area (Å²) < 4.78 is 5.29. The summed E-state index contributed by atoms with van der Waals surface area (Å²) in [7, 11) is 0. The number of nitrogens with one attached hydrogen (secondary N) is 1. The highest BCUT2D eigenvalue weighted by Crippen LogP contribution is 2.26. The van der Waals surface area contributed by atoms with Crippen LogP contribution < -0.4 is 5.32 Å². The van der Waals surface area contributed by atoms with Crippen LogP contribution in [0.25, 0.3) is 11.4 Å². The third-order valence-electron chi connectivity index (χ3n) is 4.49. The lowest BCUT2D eigenvalue weighted by molar-refractivity contribution is -0.123. The smallest absolute Gasteiger partial charge is 0.249 e. The fraction of sp³-hybridized carbons (Fsp3) is 0.500. The van der Waals surface area contributed by atoms with Gasteiger partial charge in [-0.1, -0.05) is 36.0 Å². The lowest BCUT2D eigenvalue weighted by Gasteiger charge is -2.21. The van der Waals surface area contributed by atoms with Crippen molar-refractivity contribution in [3.05, 3.63) is 35.2 Å². The summed E-state index contributed by atoms with van der Waals surface area (Å²) >= 11 is 5.88. The minimum absolute atomic E-state index is 0.0562. The van der Waals surface area contributed by atoms with Gasteiger partial charge in [-0.25, -0.2) is 0 Å². The highest BCUT2D eigenvalue weighted by molar-refractivity contribution is 6.30. The second-order valence-corrected chi connectivity index (χ2v) is 6.90. The Balaban J connectivity index is 1.57. The molecule has 3 rings (SSSR count). The van der Waals surface area contributed by atoms with Crippen LogP contribution in [0.3, 0.4) is 0 Å². The van der Waals surface area contributed by atoms with Crippen LogP contribution in [0.4, 0.5) is 0 Å². The van der Waals surface area contributed by atoms with Gasteiger partial charge in [0.2, 0.25) is 17.6 Å². The Hall–Kier alpha value is -1.88. The topological polar surface area (TPSA) is 68.0 Å². The van der Waals surface area contributed by atoms with Gasteiger partial charge in [-0.2, -0.15) is 4.98 Å². The molecule has 128 valence electrons. The normalized spacial score (nSPS) is 16.8. The molecule has 1 unspecified atom stereocenters. The van der Waals surface area contributed by atoms with Crippen LogP contribution in [0.15, 0.2) is 28.8 Å². The van der Waals surface area contributed by atoms with Gasteiger partial charge in [-0.3, -0.25) is 4.79 Å². The Morgan fingerprint density at radius 1 is 1.29 bits per heavy atom. The van der Waals surface area contributed by atoms with Crippen LogP contribution in [-0.4, -0.2) is 16.0 Å². The molecule has 2 aromatic rings. The van der Waals surface area contributed by atoms with E-state index in [0.717, 1.165) is 18.4 Å². The average Bonchev–Trinajstić information content (AvgIpc) is 3.06. The van der Waals surface area contributed by atoms with Crippen LogP contribution in [-0.2, 0) is 4.79 Å². The molecule has 1 aromatic carbocycles. The van der Waals surface area contributed by atoms with Gasteiger partial charge >= 0.3 is 0 Å². The molecule has 5 nitrogen and oxygen atoms in total. The summed E-state index contributed by atoms with van der Waals surface area (Å²) in [4.78, 5) is 16.6. The standard InChI is InChI=1S/C18H22ClN3O2/c1-12(20-16(23)11-13-5-3-2-4-6-13)18-21-17(22-24-18)14-7-9-15(19)10-8-14/h7-10,12-13H,2-6,11H2,1H3,(H,20,23). The maximum absolute atomic E-state index is 12.2. The Kier molecular flexibility index (Phi) is 5.51. The minimum Gasteiger partial charge on any atom is -0.345 e. The van der Waals surface area contributed by atoms with Gasteiger partial charge < -0.3 is 9.84 Å². The summed E-state index contributed by atoms with van der Waals surface area (Å²) in [5.74, 6) is 1.48. The van der Waals surface area contributed by atoms with Crippen LogP contribution in [0.2, 0.25) is 5.02 Å². The Labute approximate surface area is 146 Å². The molecule has 0 spiro atoms. The summed E-state index contributed by atoms with van der Waals surface area (Å²) in [5.41, 5.74) is 0.829. The summed E-state index contributed by atoms with van der Waals surface area (Å²) in [6.45, 7) is 1.86. The highest BCUT2D eigenvalue weighted by atomic mass is 35.5. The van der Waals surface area contributed by atoms with E-state index in [4.69, 9.17) is 16.1 Å². The zero-order valence-electron chi connectivity index (χ0n) is 13.8. The van der Waals surface area contributed by atoms with Crippen molar-refractivity contribution in [3.8, 4) is 11.4 Å². The molecule has 6 heteroatoms. The Bertz CT molecular complexity index is 678. The molecule has 1 amide bonds. The van der Waals surface area contributed by atoms with E-state index in [1.807, 2.05) is 19.1 Å². The van der Waals surface area contributed by atoms with E-state index >= 15 is 0 Å². The van der Waals surface area contributed by atoms with Gasteiger partial charge in [0.15, 0.2) is 0 Å². The van der Waals surface area contributed by atoms with Crippen LogP contribution >= 0.6 is 11.6 Å². The number of aromatic nitrogens is 2. The summed E-state index contributed by atoms with van der Waals surface area (Å²) in [6, 6.07) is 6.94. The zero-order chi connectivity index (χ0) is 16.9. The molecule has 1 aliphatic rings. The van der Waals surface area contributed by atoms with Crippen molar-refractivity contribution in [2.45, 2.75) is 51.5 Å². The van der Waals surface area contributed by atoms with Crippen molar-refractivity contribution < 1.29 is 9.32 Å². The highest BCUT2D eigenvalue weighted by Gasteiger charge is 2.21. The SMILES string of the molecule is CC(NC(=O)CC1CCCCC1)c1nc(-c2ccc(Cl)cc2)no1. The number of carbonyl (C=O) groups excluding carboxylic acids is 1. The molecule has 0 bridgehead atoms. The Morgan fingerprint density at radius 3 is 2.71 bits per heavy atom. The maximum atomic E-state index is 12.2. The predicted molar refractivity (Wildman–Crippen MR) is 92.5 cm³/mol.